The van der Waals surface area contributed by atoms with E-state index in [0.717, 1.165) is 5.65 Å². The number of sulfonamides is 1. The Hall–Kier alpha value is -2.58. The minimum absolute atomic E-state index is 0.110. The second-order valence-electron chi connectivity index (χ2n) is 5.33. The van der Waals surface area contributed by atoms with E-state index in [4.69, 9.17) is 9.47 Å². The molecule has 8 heteroatoms. The number of nitrogens with one attached hydrogen (secondary N) is 1. The van der Waals surface area contributed by atoms with Crippen LogP contribution in [0.25, 0.3) is 5.65 Å². The molecule has 0 aliphatic carbocycles. The molecule has 3 aromatic rings. The van der Waals surface area contributed by atoms with Crippen molar-refractivity contribution in [2.45, 2.75) is 11.4 Å². The molecule has 0 fully saturated rings. The molecule has 2 aromatic heterocycles. The first-order valence-electron chi connectivity index (χ1n) is 7.44. The van der Waals surface area contributed by atoms with E-state index in [-0.39, 0.29) is 11.4 Å². The van der Waals surface area contributed by atoms with Crippen LogP contribution in [0.3, 0.4) is 0 Å². The highest BCUT2D eigenvalue weighted by Gasteiger charge is 2.19. The van der Waals surface area contributed by atoms with E-state index in [1.165, 1.54) is 12.1 Å². The van der Waals surface area contributed by atoms with Crippen LogP contribution in [0.2, 0.25) is 0 Å². The Bertz CT molecular complexity index is 964. The molecule has 0 bridgehead atoms. The van der Waals surface area contributed by atoms with E-state index in [0.29, 0.717) is 30.4 Å². The first kappa shape index (κ1) is 15.0. The number of hydrogen-bond donors (Lipinski definition) is 1. The summed E-state index contributed by atoms with van der Waals surface area (Å²) in [5.41, 5.74) is 1.41. The van der Waals surface area contributed by atoms with Crippen LogP contribution in [0, 0.1) is 0 Å². The maximum absolute atomic E-state index is 12.5. The molecule has 7 nitrogen and oxygen atoms in total. The standard InChI is InChI=1S/C16H15N3O4S/c20-24(21,13-4-5-14-15(9-13)23-8-7-22-14)17-10-12-11-19-6-2-1-3-16(19)18-12/h1-6,9,11,17H,7-8,10H2. The van der Waals surface area contributed by atoms with E-state index in [2.05, 4.69) is 9.71 Å². The third-order valence-corrected chi connectivity index (χ3v) is 5.08. The molecular weight excluding hydrogens is 330 g/mol. The number of rotatable bonds is 4. The highest BCUT2D eigenvalue weighted by atomic mass is 32.2. The molecule has 1 aromatic carbocycles. The molecule has 0 atom stereocenters. The van der Waals surface area contributed by atoms with Crippen LogP contribution >= 0.6 is 0 Å². The Labute approximate surface area is 138 Å². The number of hydrogen-bond acceptors (Lipinski definition) is 5. The van der Waals surface area contributed by atoms with Gasteiger partial charge >= 0.3 is 0 Å². The van der Waals surface area contributed by atoms with Crippen molar-refractivity contribution in [1.29, 1.82) is 0 Å². The van der Waals surface area contributed by atoms with Crippen molar-refractivity contribution >= 4 is 15.7 Å². The van der Waals surface area contributed by atoms with Gasteiger partial charge in [-0.05, 0) is 24.3 Å². The van der Waals surface area contributed by atoms with Crippen molar-refractivity contribution in [3.63, 3.8) is 0 Å². The van der Waals surface area contributed by atoms with Gasteiger partial charge in [0.25, 0.3) is 0 Å². The molecule has 0 saturated heterocycles. The summed E-state index contributed by atoms with van der Waals surface area (Å²) < 4.78 is 40.2. The summed E-state index contributed by atoms with van der Waals surface area (Å²) >= 11 is 0. The maximum Gasteiger partial charge on any atom is 0.241 e. The molecule has 24 heavy (non-hydrogen) atoms. The Morgan fingerprint density at radius 2 is 1.96 bits per heavy atom. The number of imidazole rings is 1. The molecule has 4 rings (SSSR count). The Morgan fingerprint density at radius 1 is 1.12 bits per heavy atom. The smallest absolute Gasteiger partial charge is 0.241 e. The highest BCUT2D eigenvalue weighted by Crippen LogP contribution is 2.32. The average molecular weight is 345 g/mol. The minimum Gasteiger partial charge on any atom is -0.486 e. The number of nitrogens with zero attached hydrogens (tertiary/aromatic N) is 2. The lowest BCUT2D eigenvalue weighted by Crippen LogP contribution is -2.24. The van der Waals surface area contributed by atoms with Gasteiger partial charge in [0.1, 0.15) is 18.9 Å². The van der Waals surface area contributed by atoms with Gasteiger partial charge < -0.3 is 13.9 Å². The van der Waals surface area contributed by atoms with Gasteiger partial charge in [0, 0.05) is 18.5 Å². The number of aromatic nitrogens is 2. The van der Waals surface area contributed by atoms with Crippen LogP contribution in [0.15, 0.2) is 53.7 Å². The second-order valence-corrected chi connectivity index (χ2v) is 7.10. The first-order valence-corrected chi connectivity index (χ1v) is 8.92. The molecule has 1 aliphatic heterocycles. The van der Waals surface area contributed by atoms with Crippen LogP contribution in [0.5, 0.6) is 11.5 Å². The second kappa shape index (κ2) is 5.81. The van der Waals surface area contributed by atoms with Crippen molar-refractivity contribution in [3.05, 3.63) is 54.5 Å². The zero-order valence-electron chi connectivity index (χ0n) is 12.7. The van der Waals surface area contributed by atoms with Crippen molar-refractivity contribution in [2.75, 3.05) is 13.2 Å². The summed E-state index contributed by atoms with van der Waals surface area (Å²) in [4.78, 5) is 4.51. The van der Waals surface area contributed by atoms with Crippen molar-refractivity contribution in [1.82, 2.24) is 14.1 Å². The number of pyridine rings is 1. The van der Waals surface area contributed by atoms with Crippen LogP contribution in [0.4, 0.5) is 0 Å². The lowest BCUT2D eigenvalue weighted by molar-refractivity contribution is 0.171. The predicted octanol–water partition coefficient (Wildman–Crippen LogP) is 1.58. The molecule has 0 saturated carbocycles. The fourth-order valence-corrected chi connectivity index (χ4v) is 3.53. The van der Waals surface area contributed by atoms with E-state index in [9.17, 15) is 8.42 Å². The molecule has 0 radical (unpaired) electrons. The van der Waals surface area contributed by atoms with Crippen LogP contribution in [-0.2, 0) is 16.6 Å². The average Bonchev–Trinajstić information content (AvgIpc) is 3.03. The largest absolute Gasteiger partial charge is 0.486 e. The van der Waals surface area contributed by atoms with Crippen molar-refractivity contribution in [2.24, 2.45) is 0 Å². The molecule has 1 N–H and O–H groups in total. The van der Waals surface area contributed by atoms with Gasteiger partial charge in [-0.15, -0.1) is 0 Å². The fourth-order valence-electron chi connectivity index (χ4n) is 2.52. The van der Waals surface area contributed by atoms with Gasteiger partial charge in [-0.1, -0.05) is 6.07 Å². The predicted molar refractivity (Wildman–Crippen MR) is 86.6 cm³/mol. The van der Waals surface area contributed by atoms with Gasteiger partial charge in [-0.2, -0.15) is 0 Å². The molecule has 0 spiro atoms. The topological polar surface area (TPSA) is 81.9 Å². The zero-order valence-corrected chi connectivity index (χ0v) is 13.5. The van der Waals surface area contributed by atoms with Gasteiger partial charge in [-0.3, -0.25) is 0 Å². The molecule has 3 heterocycles. The summed E-state index contributed by atoms with van der Waals surface area (Å²) in [7, 11) is -3.66. The zero-order chi connectivity index (χ0) is 16.6. The molecule has 124 valence electrons. The summed E-state index contributed by atoms with van der Waals surface area (Å²) in [6, 6.07) is 10.2. The minimum atomic E-state index is -3.66. The van der Waals surface area contributed by atoms with Gasteiger partial charge in [0.15, 0.2) is 11.5 Å². The van der Waals surface area contributed by atoms with E-state index in [1.54, 1.807) is 12.3 Å². The van der Waals surface area contributed by atoms with Gasteiger partial charge in [-0.25, -0.2) is 18.1 Å². The van der Waals surface area contributed by atoms with Crippen LogP contribution in [0.1, 0.15) is 5.69 Å². The van der Waals surface area contributed by atoms with Crippen molar-refractivity contribution in [3.8, 4) is 11.5 Å². The molecule has 0 amide bonds. The Kier molecular flexibility index (Phi) is 3.62. The maximum atomic E-state index is 12.5. The number of benzene rings is 1. The van der Waals surface area contributed by atoms with E-state index in [1.807, 2.05) is 28.8 Å². The lowest BCUT2D eigenvalue weighted by Gasteiger charge is -2.18. The van der Waals surface area contributed by atoms with Crippen LogP contribution < -0.4 is 14.2 Å². The van der Waals surface area contributed by atoms with Crippen LogP contribution in [-0.4, -0.2) is 31.0 Å². The third kappa shape index (κ3) is 2.81. The number of fused-ring (bicyclic) bond motifs is 2. The monoisotopic (exact) mass is 345 g/mol. The lowest BCUT2D eigenvalue weighted by atomic mass is 10.3. The summed E-state index contributed by atoms with van der Waals surface area (Å²) in [6.07, 6.45) is 3.66. The SMILES string of the molecule is O=S(=O)(NCc1cn2ccccc2n1)c1ccc2c(c1)OCCO2. The van der Waals surface area contributed by atoms with Gasteiger partial charge in [0.2, 0.25) is 10.0 Å². The quantitative estimate of drug-likeness (QED) is 0.776. The van der Waals surface area contributed by atoms with E-state index >= 15 is 0 Å². The molecule has 0 unspecified atom stereocenters. The summed E-state index contributed by atoms with van der Waals surface area (Å²) in [6.45, 7) is 0.981. The molecular formula is C16H15N3O4S. The van der Waals surface area contributed by atoms with Gasteiger partial charge in [0.05, 0.1) is 17.1 Å². The van der Waals surface area contributed by atoms with Crippen molar-refractivity contribution < 1.29 is 17.9 Å². The normalized spacial score (nSPS) is 14.0. The Balaban J connectivity index is 1.54. The molecule has 1 aliphatic rings. The Morgan fingerprint density at radius 3 is 2.79 bits per heavy atom. The fraction of sp³-hybridized carbons (Fsp3) is 0.188. The highest BCUT2D eigenvalue weighted by molar-refractivity contribution is 7.89. The number of ether oxygens (including phenoxy) is 2. The summed E-state index contributed by atoms with van der Waals surface area (Å²) in [5, 5.41) is 0. The third-order valence-electron chi connectivity index (χ3n) is 3.68. The first-order chi connectivity index (χ1) is 11.6. The van der Waals surface area contributed by atoms with E-state index < -0.39 is 10.0 Å². The summed E-state index contributed by atoms with van der Waals surface area (Å²) in [5.74, 6) is 0.998.